The first-order valence-electron chi connectivity index (χ1n) is 7.61. The summed E-state index contributed by atoms with van der Waals surface area (Å²) in [4.78, 5) is 0. The first-order valence-corrected chi connectivity index (χ1v) is 7.61. The zero-order chi connectivity index (χ0) is 15.0. The van der Waals surface area contributed by atoms with Crippen LogP contribution in [0.2, 0.25) is 0 Å². The van der Waals surface area contributed by atoms with E-state index in [9.17, 15) is 4.39 Å². The first-order chi connectivity index (χ1) is 9.27. The molecule has 3 nitrogen and oxygen atoms in total. The van der Waals surface area contributed by atoms with Crippen molar-refractivity contribution in [3.05, 3.63) is 11.3 Å². The molecule has 20 heavy (non-hydrogen) atoms. The van der Waals surface area contributed by atoms with E-state index in [4.69, 9.17) is 14.4 Å². The number of rotatable bonds is 3. The lowest BCUT2D eigenvalue weighted by Crippen LogP contribution is -2.41. The van der Waals surface area contributed by atoms with Crippen molar-refractivity contribution in [3.8, 4) is 0 Å². The number of halogens is 1. The van der Waals surface area contributed by atoms with Gasteiger partial charge in [0.05, 0.1) is 11.2 Å². The number of aliphatic hydroxyl groups excluding tert-OH is 1. The fourth-order valence-corrected chi connectivity index (χ4v) is 2.92. The van der Waals surface area contributed by atoms with Crippen molar-refractivity contribution in [2.45, 2.75) is 71.0 Å². The van der Waals surface area contributed by atoms with Gasteiger partial charge in [0.2, 0.25) is 0 Å². The molecule has 1 atom stereocenters. The van der Waals surface area contributed by atoms with Crippen LogP contribution in [0.5, 0.6) is 0 Å². The van der Waals surface area contributed by atoms with Gasteiger partial charge in [0.15, 0.2) is 0 Å². The fourth-order valence-electron chi connectivity index (χ4n) is 2.92. The van der Waals surface area contributed by atoms with Gasteiger partial charge >= 0.3 is 7.12 Å². The summed E-state index contributed by atoms with van der Waals surface area (Å²) >= 11 is 0. The smallest absolute Gasteiger partial charge is 0.398 e. The lowest BCUT2D eigenvalue weighted by atomic mass is 9.76. The van der Waals surface area contributed by atoms with Crippen LogP contribution < -0.4 is 0 Å². The molecule has 5 heteroatoms. The topological polar surface area (TPSA) is 38.7 Å². The molecule has 1 N–H and O–H groups in total. The zero-order valence-corrected chi connectivity index (χ0v) is 13.0. The minimum Gasteiger partial charge on any atom is -0.398 e. The fraction of sp³-hybridized carbons (Fsp3) is 0.867. The lowest BCUT2D eigenvalue weighted by Gasteiger charge is -2.32. The molecular weight excluding hydrogens is 258 g/mol. The third kappa shape index (κ3) is 3.10. The highest BCUT2D eigenvalue weighted by Crippen LogP contribution is 2.41. The van der Waals surface area contributed by atoms with Crippen LogP contribution in [0.15, 0.2) is 11.3 Å². The number of hydrogen-bond donors (Lipinski definition) is 1. The highest BCUT2D eigenvalue weighted by molar-refractivity contribution is 6.53. The average Bonchev–Trinajstić information content (AvgIpc) is 2.58. The molecule has 1 aliphatic heterocycles. The standard InChI is InChI=1S/C15H26BFO3/c1-14(2)15(3,4)20-16(19-14)13(17)12-7-5-6-11(10-12)8-9-18/h11,18H,5-10H2,1-4H3. The van der Waals surface area contributed by atoms with E-state index in [1.54, 1.807) is 0 Å². The van der Waals surface area contributed by atoms with Crippen molar-refractivity contribution in [1.82, 2.24) is 0 Å². The van der Waals surface area contributed by atoms with Gasteiger partial charge in [0.1, 0.15) is 5.73 Å². The van der Waals surface area contributed by atoms with Crippen molar-refractivity contribution >= 4 is 7.12 Å². The molecule has 0 amide bonds. The van der Waals surface area contributed by atoms with E-state index >= 15 is 0 Å². The maximum Gasteiger partial charge on any atom is 0.525 e. The van der Waals surface area contributed by atoms with Crippen LogP contribution >= 0.6 is 0 Å². The van der Waals surface area contributed by atoms with Gasteiger partial charge in [-0.2, -0.15) is 0 Å². The van der Waals surface area contributed by atoms with E-state index in [-0.39, 0.29) is 12.3 Å². The van der Waals surface area contributed by atoms with E-state index in [0.717, 1.165) is 37.7 Å². The van der Waals surface area contributed by atoms with Crippen molar-refractivity contribution in [2.24, 2.45) is 5.92 Å². The molecule has 114 valence electrons. The molecule has 2 fully saturated rings. The molecule has 0 aromatic carbocycles. The van der Waals surface area contributed by atoms with E-state index in [1.165, 1.54) is 0 Å². The summed E-state index contributed by atoms with van der Waals surface area (Å²) in [6.07, 6.45) is 4.29. The van der Waals surface area contributed by atoms with E-state index in [1.807, 2.05) is 27.7 Å². The molecule has 1 aliphatic carbocycles. The molecule has 1 saturated carbocycles. The van der Waals surface area contributed by atoms with Crippen LogP contribution in [-0.4, -0.2) is 30.0 Å². The minimum absolute atomic E-state index is 0.177. The second-order valence-corrected chi connectivity index (χ2v) is 7.01. The molecule has 0 aromatic rings. The van der Waals surface area contributed by atoms with Gasteiger partial charge in [-0.05, 0) is 71.3 Å². The van der Waals surface area contributed by atoms with Crippen molar-refractivity contribution < 1.29 is 18.8 Å². The van der Waals surface area contributed by atoms with Crippen molar-refractivity contribution in [1.29, 1.82) is 0 Å². The quantitative estimate of drug-likeness (QED) is 0.807. The van der Waals surface area contributed by atoms with Gasteiger partial charge < -0.3 is 14.4 Å². The Morgan fingerprint density at radius 1 is 1.30 bits per heavy atom. The van der Waals surface area contributed by atoms with Crippen LogP contribution in [0.4, 0.5) is 4.39 Å². The summed E-state index contributed by atoms with van der Waals surface area (Å²) in [6.45, 7) is 7.90. The van der Waals surface area contributed by atoms with Gasteiger partial charge in [-0.25, -0.2) is 4.39 Å². The predicted octanol–water partition coefficient (Wildman–Crippen LogP) is 3.41. The van der Waals surface area contributed by atoms with E-state index in [2.05, 4.69) is 0 Å². The second-order valence-electron chi connectivity index (χ2n) is 7.01. The maximum absolute atomic E-state index is 14.7. The Balaban J connectivity index is 2.10. The molecule has 1 saturated heterocycles. The molecular formula is C15H26BFO3. The van der Waals surface area contributed by atoms with Crippen LogP contribution in [0.3, 0.4) is 0 Å². The molecule has 2 aliphatic rings. The third-order valence-electron chi connectivity index (χ3n) is 4.96. The zero-order valence-electron chi connectivity index (χ0n) is 13.0. The minimum atomic E-state index is -0.872. The maximum atomic E-state index is 14.7. The van der Waals surface area contributed by atoms with Crippen molar-refractivity contribution in [2.75, 3.05) is 6.61 Å². The highest BCUT2D eigenvalue weighted by atomic mass is 19.1. The summed E-state index contributed by atoms with van der Waals surface area (Å²) < 4.78 is 26.2. The van der Waals surface area contributed by atoms with Gasteiger partial charge in [0.25, 0.3) is 0 Å². The highest BCUT2D eigenvalue weighted by Gasteiger charge is 2.53. The van der Waals surface area contributed by atoms with E-state index in [0.29, 0.717) is 5.92 Å². The molecule has 2 rings (SSSR count). The predicted molar refractivity (Wildman–Crippen MR) is 77.9 cm³/mol. The number of allylic oxidation sites excluding steroid dienone is 1. The number of hydrogen-bond acceptors (Lipinski definition) is 3. The van der Waals surface area contributed by atoms with Crippen LogP contribution in [0.1, 0.15) is 59.8 Å². The second kappa shape index (κ2) is 5.78. The summed E-state index contributed by atoms with van der Waals surface area (Å²) in [7, 11) is -0.872. The summed E-state index contributed by atoms with van der Waals surface area (Å²) in [5.41, 5.74) is -0.441. The monoisotopic (exact) mass is 284 g/mol. The van der Waals surface area contributed by atoms with Gasteiger partial charge in [-0.15, -0.1) is 0 Å². The lowest BCUT2D eigenvalue weighted by molar-refractivity contribution is 0.00578. The van der Waals surface area contributed by atoms with E-state index < -0.39 is 18.3 Å². The molecule has 1 unspecified atom stereocenters. The van der Waals surface area contributed by atoms with Crippen LogP contribution in [-0.2, 0) is 9.31 Å². The Hall–Kier alpha value is -0.385. The molecule has 0 aromatic heterocycles. The third-order valence-corrected chi connectivity index (χ3v) is 4.96. The molecule has 0 bridgehead atoms. The van der Waals surface area contributed by atoms with Crippen LogP contribution in [0, 0.1) is 5.92 Å². The average molecular weight is 284 g/mol. The Bertz CT molecular complexity index is 375. The SMILES string of the molecule is CC1(C)OB(C(F)=C2CCCC(CCO)C2)OC1(C)C. The van der Waals surface area contributed by atoms with Gasteiger partial charge in [-0.3, -0.25) is 0 Å². The molecule has 1 heterocycles. The first kappa shape index (κ1) is 16.0. The molecule has 0 radical (unpaired) electrons. The largest absolute Gasteiger partial charge is 0.525 e. The Kier molecular flexibility index (Phi) is 4.62. The number of aliphatic hydroxyl groups is 1. The Morgan fingerprint density at radius 3 is 2.45 bits per heavy atom. The summed E-state index contributed by atoms with van der Waals surface area (Å²) in [5, 5.41) is 9.03. The van der Waals surface area contributed by atoms with Gasteiger partial charge in [0, 0.05) is 6.61 Å². The van der Waals surface area contributed by atoms with Gasteiger partial charge in [-0.1, -0.05) is 0 Å². The van der Waals surface area contributed by atoms with Crippen LogP contribution in [0.25, 0.3) is 0 Å². The normalized spacial score (nSPS) is 31.5. The molecule has 0 spiro atoms. The van der Waals surface area contributed by atoms with Crippen molar-refractivity contribution in [3.63, 3.8) is 0 Å². The summed E-state index contributed by atoms with van der Waals surface area (Å²) in [5.74, 6) is 0.386. The summed E-state index contributed by atoms with van der Waals surface area (Å²) in [6, 6.07) is 0. The Morgan fingerprint density at radius 2 is 1.90 bits per heavy atom. The Labute approximate surface area is 121 Å².